The van der Waals surface area contributed by atoms with Gasteiger partial charge in [0.1, 0.15) is 5.60 Å². The lowest BCUT2D eigenvalue weighted by atomic mass is 10.0. The van der Waals surface area contributed by atoms with Gasteiger partial charge in [0, 0.05) is 6.54 Å². The van der Waals surface area contributed by atoms with E-state index in [0.717, 1.165) is 22.8 Å². The maximum absolute atomic E-state index is 12.5. The van der Waals surface area contributed by atoms with E-state index in [-0.39, 0.29) is 6.54 Å². The molecule has 2 rings (SSSR count). The van der Waals surface area contributed by atoms with Crippen molar-refractivity contribution in [3.63, 3.8) is 0 Å². The van der Waals surface area contributed by atoms with E-state index in [1.165, 1.54) is 0 Å². The fraction of sp³-hybridized carbons (Fsp3) is 0.500. The minimum absolute atomic E-state index is 0.180. The van der Waals surface area contributed by atoms with E-state index in [1.807, 2.05) is 42.5 Å². The Bertz CT molecular complexity index is 854. The van der Waals surface area contributed by atoms with Gasteiger partial charge in [-0.3, -0.25) is 9.69 Å². The zero-order valence-corrected chi connectivity index (χ0v) is 18.6. The van der Waals surface area contributed by atoms with Gasteiger partial charge in [0.15, 0.2) is 0 Å². The van der Waals surface area contributed by atoms with Gasteiger partial charge in [-0.05, 0) is 49.4 Å². The van der Waals surface area contributed by atoms with Gasteiger partial charge in [0.25, 0.3) is 0 Å². The van der Waals surface area contributed by atoms with Crippen LogP contribution in [-0.2, 0) is 16.1 Å². The van der Waals surface area contributed by atoms with Crippen molar-refractivity contribution < 1.29 is 19.4 Å². The average molecular weight is 415 g/mol. The number of carbonyl (C=O) groups is 2. The van der Waals surface area contributed by atoms with Crippen LogP contribution in [0.25, 0.3) is 10.8 Å². The molecular weight excluding hydrogens is 380 g/mol. The molecular formula is C24H34N2O4. The first kappa shape index (κ1) is 23.7. The van der Waals surface area contributed by atoms with Gasteiger partial charge in [-0.1, -0.05) is 62.7 Å². The SMILES string of the molecule is CCC(C)CC(NC(=O)OC(C)(C)C)N(CC(=O)O)Cc1cccc2ccccc12. The van der Waals surface area contributed by atoms with Crippen LogP contribution in [-0.4, -0.2) is 40.4 Å². The molecule has 0 aliphatic rings. The van der Waals surface area contributed by atoms with Gasteiger partial charge < -0.3 is 15.2 Å². The molecule has 0 saturated heterocycles. The van der Waals surface area contributed by atoms with E-state index in [9.17, 15) is 14.7 Å². The number of benzene rings is 2. The molecule has 0 heterocycles. The number of amides is 1. The highest BCUT2D eigenvalue weighted by Crippen LogP contribution is 2.22. The summed E-state index contributed by atoms with van der Waals surface area (Å²) < 4.78 is 5.43. The number of rotatable bonds is 9. The van der Waals surface area contributed by atoms with Crippen LogP contribution in [0.4, 0.5) is 4.79 Å². The lowest BCUT2D eigenvalue weighted by molar-refractivity contribution is -0.139. The number of alkyl carbamates (subject to hydrolysis) is 1. The van der Waals surface area contributed by atoms with Crippen molar-refractivity contribution >= 4 is 22.8 Å². The fourth-order valence-corrected chi connectivity index (χ4v) is 3.39. The molecule has 0 radical (unpaired) electrons. The molecule has 2 unspecified atom stereocenters. The molecule has 1 amide bonds. The molecule has 0 aliphatic carbocycles. The summed E-state index contributed by atoms with van der Waals surface area (Å²) in [4.78, 5) is 25.9. The van der Waals surface area contributed by atoms with Crippen molar-refractivity contribution in [1.29, 1.82) is 0 Å². The van der Waals surface area contributed by atoms with Crippen LogP contribution in [0.3, 0.4) is 0 Å². The van der Waals surface area contributed by atoms with Crippen LogP contribution in [0.2, 0.25) is 0 Å². The Morgan fingerprint density at radius 1 is 1.13 bits per heavy atom. The molecule has 2 aromatic rings. The molecule has 0 aromatic heterocycles. The van der Waals surface area contributed by atoms with Gasteiger partial charge in [-0.25, -0.2) is 4.79 Å². The molecule has 2 N–H and O–H groups in total. The number of carboxylic acids is 1. The van der Waals surface area contributed by atoms with E-state index in [4.69, 9.17) is 4.74 Å². The molecule has 0 fully saturated rings. The topological polar surface area (TPSA) is 78.9 Å². The third-order valence-electron chi connectivity index (χ3n) is 5.04. The molecule has 6 nitrogen and oxygen atoms in total. The third-order valence-corrected chi connectivity index (χ3v) is 5.04. The number of hydrogen-bond acceptors (Lipinski definition) is 4. The Morgan fingerprint density at radius 3 is 2.43 bits per heavy atom. The molecule has 30 heavy (non-hydrogen) atoms. The van der Waals surface area contributed by atoms with E-state index in [0.29, 0.717) is 18.9 Å². The minimum Gasteiger partial charge on any atom is -0.480 e. The lowest BCUT2D eigenvalue weighted by Crippen LogP contribution is -2.51. The summed E-state index contributed by atoms with van der Waals surface area (Å²) in [6, 6.07) is 14.0. The van der Waals surface area contributed by atoms with Crippen molar-refractivity contribution in [2.45, 2.75) is 65.8 Å². The van der Waals surface area contributed by atoms with Crippen molar-refractivity contribution in [1.82, 2.24) is 10.2 Å². The Hall–Kier alpha value is -2.60. The normalized spacial score (nSPS) is 13.8. The number of nitrogens with one attached hydrogen (secondary N) is 1. The number of fused-ring (bicyclic) bond motifs is 1. The summed E-state index contributed by atoms with van der Waals surface area (Å²) in [5.74, 6) is -0.621. The quantitative estimate of drug-likeness (QED) is 0.564. The van der Waals surface area contributed by atoms with Gasteiger partial charge in [0.05, 0.1) is 12.7 Å². The maximum atomic E-state index is 12.5. The molecule has 164 valence electrons. The van der Waals surface area contributed by atoms with E-state index >= 15 is 0 Å². The van der Waals surface area contributed by atoms with E-state index in [2.05, 4.69) is 19.2 Å². The summed E-state index contributed by atoms with van der Waals surface area (Å²) in [7, 11) is 0. The monoisotopic (exact) mass is 414 g/mol. The zero-order chi connectivity index (χ0) is 22.3. The Morgan fingerprint density at radius 2 is 1.80 bits per heavy atom. The van der Waals surface area contributed by atoms with Crippen LogP contribution in [0.1, 0.15) is 53.0 Å². The number of aliphatic carboxylic acids is 1. The van der Waals surface area contributed by atoms with Crippen molar-refractivity contribution in [2.75, 3.05) is 6.54 Å². The molecule has 6 heteroatoms. The number of nitrogens with zero attached hydrogens (tertiary/aromatic N) is 1. The largest absolute Gasteiger partial charge is 0.480 e. The molecule has 2 aromatic carbocycles. The van der Waals surface area contributed by atoms with Crippen LogP contribution in [0.5, 0.6) is 0 Å². The lowest BCUT2D eigenvalue weighted by Gasteiger charge is -2.33. The second-order valence-electron chi connectivity index (χ2n) is 8.85. The second-order valence-corrected chi connectivity index (χ2v) is 8.85. The van der Waals surface area contributed by atoms with Gasteiger partial charge >= 0.3 is 12.1 Å². The maximum Gasteiger partial charge on any atom is 0.408 e. The van der Waals surface area contributed by atoms with E-state index in [1.54, 1.807) is 25.7 Å². The fourth-order valence-electron chi connectivity index (χ4n) is 3.39. The Labute approximate surface area is 179 Å². The minimum atomic E-state index is -0.935. The predicted octanol–water partition coefficient (Wildman–Crippen LogP) is 5.01. The smallest absolute Gasteiger partial charge is 0.408 e. The Kier molecular flexibility index (Phi) is 8.24. The molecule has 0 bridgehead atoms. The molecule has 2 atom stereocenters. The summed E-state index contributed by atoms with van der Waals surface area (Å²) in [5, 5.41) is 14.6. The van der Waals surface area contributed by atoms with Crippen molar-refractivity contribution in [3.05, 3.63) is 48.0 Å². The highest BCUT2D eigenvalue weighted by Gasteiger charge is 2.27. The Balaban J connectivity index is 2.33. The van der Waals surface area contributed by atoms with Crippen LogP contribution >= 0.6 is 0 Å². The highest BCUT2D eigenvalue weighted by molar-refractivity contribution is 5.85. The number of carbonyl (C=O) groups excluding carboxylic acids is 1. The first-order valence-corrected chi connectivity index (χ1v) is 10.5. The molecule has 0 spiro atoms. The van der Waals surface area contributed by atoms with Crippen molar-refractivity contribution in [3.8, 4) is 0 Å². The second kappa shape index (κ2) is 10.4. The van der Waals surface area contributed by atoms with Crippen molar-refractivity contribution in [2.24, 2.45) is 5.92 Å². The first-order chi connectivity index (χ1) is 14.1. The average Bonchev–Trinajstić information content (AvgIpc) is 2.65. The van der Waals surface area contributed by atoms with Crippen LogP contribution < -0.4 is 5.32 Å². The number of ether oxygens (including phenoxy) is 1. The summed E-state index contributed by atoms with van der Waals surface area (Å²) in [6.45, 7) is 9.83. The van der Waals surface area contributed by atoms with E-state index < -0.39 is 23.8 Å². The van der Waals surface area contributed by atoms with Gasteiger partial charge in [-0.15, -0.1) is 0 Å². The first-order valence-electron chi connectivity index (χ1n) is 10.5. The highest BCUT2D eigenvalue weighted by atomic mass is 16.6. The molecule has 0 saturated carbocycles. The summed E-state index contributed by atoms with van der Waals surface area (Å²) >= 11 is 0. The summed E-state index contributed by atoms with van der Waals surface area (Å²) in [5.41, 5.74) is 0.396. The standard InChI is InChI=1S/C24H34N2O4/c1-6-17(2)14-21(25-23(29)30-24(3,4)5)26(16-22(27)28)15-19-12-9-11-18-10-7-8-13-20(18)19/h7-13,17,21H,6,14-16H2,1-5H3,(H,25,29)(H,27,28). The van der Waals surface area contributed by atoms with Gasteiger partial charge in [-0.2, -0.15) is 0 Å². The number of carboxylic acid groups (broad SMARTS) is 1. The zero-order valence-electron chi connectivity index (χ0n) is 18.6. The number of hydrogen-bond donors (Lipinski definition) is 2. The third kappa shape index (κ3) is 7.34. The van der Waals surface area contributed by atoms with Crippen LogP contribution in [0, 0.1) is 5.92 Å². The van der Waals surface area contributed by atoms with Crippen LogP contribution in [0.15, 0.2) is 42.5 Å². The molecule has 0 aliphatic heterocycles. The van der Waals surface area contributed by atoms with Gasteiger partial charge in [0.2, 0.25) is 0 Å². The summed E-state index contributed by atoms with van der Waals surface area (Å²) in [6.07, 6.45) is 0.573. The predicted molar refractivity (Wildman–Crippen MR) is 119 cm³/mol.